The summed E-state index contributed by atoms with van der Waals surface area (Å²) in [5, 5.41) is 11.0. The second kappa shape index (κ2) is 10.1. The van der Waals surface area contributed by atoms with Crippen LogP contribution < -0.4 is 16.3 Å². The van der Waals surface area contributed by atoms with Crippen LogP contribution in [0.5, 0.6) is 0 Å². The van der Waals surface area contributed by atoms with Crippen LogP contribution in [0.3, 0.4) is 0 Å². The fraction of sp³-hybridized carbons (Fsp3) is 0.222. The average molecular weight is 343 g/mol. The van der Waals surface area contributed by atoms with Gasteiger partial charge in [0.2, 0.25) is 5.91 Å². The van der Waals surface area contributed by atoms with Crippen LogP contribution in [-0.4, -0.2) is 23.8 Å². The van der Waals surface area contributed by atoms with Crippen LogP contribution in [0.4, 0.5) is 10.5 Å². The standard InChI is InChI=1S/C18H21N3O4/c22-17(20-24)8-4-5-13-25-21-18(23)19-16-11-9-15(10-12-16)14-6-2-1-3-7-14/h1-3,6-7,9-12,24H,4-5,8,13H2,(H,20,22)(H2,19,21,23). The number of nitrogens with one attached hydrogen (secondary N) is 3. The molecule has 4 N–H and O–H groups in total. The van der Waals surface area contributed by atoms with Gasteiger partial charge in [-0.15, -0.1) is 0 Å². The molecule has 132 valence electrons. The summed E-state index contributed by atoms with van der Waals surface area (Å²) in [6.07, 6.45) is 1.34. The smallest absolute Gasteiger partial charge is 0.306 e. The number of rotatable bonds is 8. The maximum atomic E-state index is 11.7. The molecule has 25 heavy (non-hydrogen) atoms. The molecule has 0 bridgehead atoms. The van der Waals surface area contributed by atoms with Crippen LogP contribution in [0, 0.1) is 0 Å². The Morgan fingerprint density at radius 2 is 1.60 bits per heavy atom. The minimum absolute atomic E-state index is 0.208. The van der Waals surface area contributed by atoms with Crippen LogP contribution in [0.1, 0.15) is 19.3 Å². The molecular formula is C18H21N3O4. The minimum Gasteiger partial charge on any atom is -0.306 e. The van der Waals surface area contributed by atoms with Gasteiger partial charge in [0.15, 0.2) is 0 Å². The van der Waals surface area contributed by atoms with Crippen molar-refractivity contribution in [3.8, 4) is 11.1 Å². The number of hydrogen-bond donors (Lipinski definition) is 4. The highest BCUT2D eigenvalue weighted by Crippen LogP contribution is 2.20. The molecule has 0 unspecified atom stereocenters. The van der Waals surface area contributed by atoms with Gasteiger partial charge in [-0.25, -0.2) is 15.8 Å². The SMILES string of the molecule is O=C(CCCCONC(=O)Nc1ccc(-c2ccccc2)cc1)NO. The average Bonchev–Trinajstić information content (AvgIpc) is 2.65. The van der Waals surface area contributed by atoms with Gasteiger partial charge in [-0.05, 0) is 36.1 Å². The van der Waals surface area contributed by atoms with Crippen molar-refractivity contribution < 1.29 is 19.6 Å². The quantitative estimate of drug-likeness (QED) is 0.336. The number of carbonyl (C=O) groups is 2. The predicted octanol–water partition coefficient (Wildman–Crippen LogP) is 3.08. The van der Waals surface area contributed by atoms with Gasteiger partial charge < -0.3 is 5.32 Å². The Labute approximate surface area is 145 Å². The number of anilines is 1. The summed E-state index contributed by atoms with van der Waals surface area (Å²) in [4.78, 5) is 27.5. The largest absolute Gasteiger partial charge is 0.343 e. The van der Waals surface area contributed by atoms with E-state index < -0.39 is 11.9 Å². The first-order valence-corrected chi connectivity index (χ1v) is 7.96. The Hall–Kier alpha value is -2.90. The van der Waals surface area contributed by atoms with E-state index in [-0.39, 0.29) is 13.0 Å². The van der Waals surface area contributed by atoms with Gasteiger partial charge in [-0.2, -0.15) is 0 Å². The first-order valence-electron chi connectivity index (χ1n) is 7.96. The van der Waals surface area contributed by atoms with Crippen molar-refractivity contribution in [1.82, 2.24) is 11.0 Å². The highest BCUT2D eigenvalue weighted by molar-refractivity contribution is 5.88. The highest BCUT2D eigenvalue weighted by Gasteiger charge is 2.03. The van der Waals surface area contributed by atoms with Crippen molar-refractivity contribution in [3.05, 3.63) is 54.6 Å². The Morgan fingerprint density at radius 1 is 0.920 bits per heavy atom. The summed E-state index contributed by atoms with van der Waals surface area (Å²) in [6, 6.07) is 17.0. The first-order chi connectivity index (χ1) is 12.2. The van der Waals surface area contributed by atoms with Gasteiger partial charge in [0.1, 0.15) is 0 Å². The Bertz CT molecular complexity index is 674. The molecule has 3 amide bonds. The van der Waals surface area contributed by atoms with E-state index in [1.54, 1.807) is 5.48 Å². The predicted molar refractivity (Wildman–Crippen MR) is 93.8 cm³/mol. The zero-order chi connectivity index (χ0) is 17.9. The van der Waals surface area contributed by atoms with Crippen molar-refractivity contribution in [2.45, 2.75) is 19.3 Å². The molecule has 0 aromatic heterocycles. The molecule has 2 rings (SSSR count). The van der Waals surface area contributed by atoms with E-state index >= 15 is 0 Å². The Kier molecular flexibility index (Phi) is 7.42. The lowest BCUT2D eigenvalue weighted by molar-refractivity contribution is -0.129. The third kappa shape index (κ3) is 6.62. The Morgan fingerprint density at radius 3 is 2.28 bits per heavy atom. The van der Waals surface area contributed by atoms with Crippen LogP contribution in [-0.2, 0) is 9.63 Å². The van der Waals surface area contributed by atoms with E-state index in [1.165, 1.54) is 0 Å². The molecule has 0 aliphatic rings. The maximum absolute atomic E-state index is 11.7. The fourth-order valence-corrected chi connectivity index (χ4v) is 2.17. The van der Waals surface area contributed by atoms with Crippen molar-refractivity contribution in [3.63, 3.8) is 0 Å². The highest BCUT2D eigenvalue weighted by atomic mass is 16.7. The number of urea groups is 1. The third-order valence-electron chi connectivity index (χ3n) is 3.44. The molecule has 0 radical (unpaired) electrons. The second-order valence-corrected chi connectivity index (χ2v) is 5.34. The number of carbonyl (C=O) groups excluding carboxylic acids is 2. The molecule has 2 aromatic carbocycles. The molecule has 0 aliphatic carbocycles. The van der Waals surface area contributed by atoms with Crippen LogP contribution >= 0.6 is 0 Å². The lowest BCUT2D eigenvalue weighted by Crippen LogP contribution is -2.29. The van der Waals surface area contributed by atoms with Gasteiger partial charge in [-0.3, -0.25) is 14.8 Å². The van der Waals surface area contributed by atoms with E-state index in [0.717, 1.165) is 11.1 Å². The van der Waals surface area contributed by atoms with E-state index in [2.05, 4.69) is 10.8 Å². The number of hydroxylamine groups is 2. The molecular weight excluding hydrogens is 322 g/mol. The molecule has 7 heteroatoms. The van der Waals surface area contributed by atoms with Gasteiger partial charge in [-0.1, -0.05) is 42.5 Å². The summed E-state index contributed by atoms with van der Waals surface area (Å²) in [5.74, 6) is -0.440. The minimum atomic E-state index is -0.472. The molecule has 7 nitrogen and oxygen atoms in total. The fourth-order valence-electron chi connectivity index (χ4n) is 2.17. The van der Waals surface area contributed by atoms with Crippen LogP contribution in [0.25, 0.3) is 11.1 Å². The number of amides is 3. The van der Waals surface area contributed by atoms with Crippen LogP contribution in [0.2, 0.25) is 0 Å². The van der Waals surface area contributed by atoms with Crippen LogP contribution in [0.15, 0.2) is 54.6 Å². The molecule has 2 aromatic rings. The molecule has 0 aliphatic heterocycles. The van der Waals surface area contributed by atoms with Crippen molar-refractivity contribution in [1.29, 1.82) is 0 Å². The summed E-state index contributed by atoms with van der Waals surface area (Å²) in [5.41, 5.74) is 6.66. The van der Waals surface area contributed by atoms with E-state index in [1.807, 2.05) is 54.6 Å². The summed E-state index contributed by atoms with van der Waals surface area (Å²) in [6.45, 7) is 0.277. The van der Waals surface area contributed by atoms with Gasteiger partial charge >= 0.3 is 6.03 Å². The summed E-state index contributed by atoms with van der Waals surface area (Å²) >= 11 is 0. The normalized spacial score (nSPS) is 10.1. The van der Waals surface area contributed by atoms with Gasteiger partial charge in [0.05, 0.1) is 6.61 Å². The number of benzene rings is 2. The number of hydrogen-bond acceptors (Lipinski definition) is 4. The zero-order valence-corrected chi connectivity index (χ0v) is 13.7. The summed E-state index contributed by atoms with van der Waals surface area (Å²) < 4.78 is 0. The third-order valence-corrected chi connectivity index (χ3v) is 3.44. The van der Waals surface area contributed by atoms with Crippen molar-refractivity contribution in [2.24, 2.45) is 0 Å². The summed E-state index contributed by atoms with van der Waals surface area (Å²) in [7, 11) is 0. The molecule has 0 saturated carbocycles. The van der Waals surface area contributed by atoms with Gasteiger partial charge in [0, 0.05) is 12.1 Å². The monoisotopic (exact) mass is 343 g/mol. The molecule has 0 atom stereocenters. The number of unbranched alkanes of at least 4 members (excludes halogenated alkanes) is 1. The molecule has 0 fully saturated rings. The maximum Gasteiger partial charge on any atom is 0.343 e. The molecule has 0 heterocycles. The van der Waals surface area contributed by atoms with E-state index in [9.17, 15) is 9.59 Å². The lowest BCUT2D eigenvalue weighted by atomic mass is 10.1. The second-order valence-electron chi connectivity index (χ2n) is 5.34. The van der Waals surface area contributed by atoms with Crippen molar-refractivity contribution >= 4 is 17.6 Å². The topological polar surface area (TPSA) is 99.7 Å². The van der Waals surface area contributed by atoms with E-state index in [4.69, 9.17) is 10.0 Å². The molecule has 0 spiro atoms. The molecule has 0 saturated heterocycles. The van der Waals surface area contributed by atoms with Crippen molar-refractivity contribution in [2.75, 3.05) is 11.9 Å². The lowest BCUT2D eigenvalue weighted by Gasteiger charge is -2.08. The van der Waals surface area contributed by atoms with E-state index in [0.29, 0.717) is 18.5 Å². The zero-order valence-electron chi connectivity index (χ0n) is 13.7. The first kappa shape index (κ1) is 18.4. The van der Waals surface area contributed by atoms with Gasteiger partial charge in [0.25, 0.3) is 0 Å². The Balaban J connectivity index is 1.68.